The molecule has 0 atom stereocenters. The molecule has 0 fully saturated rings. The summed E-state index contributed by atoms with van der Waals surface area (Å²) in [5.41, 5.74) is 4.58. The molecule has 0 amide bonds. The van der Waals surface area contributed by atoms with E-state index in [9.17, 15) is 13.2 Å². The topological polar surface area (TPSA) is 3.24 Å². The molecule has 0 N–H and O–H groups in total. The Balaban J connectivity index is 1.34. The van der Waals surface area contributed by atoms with Gasteiger partial charge in [-0.1, -0.05) is 66.2 Å². The van der Waals surface area contributed by atoms with Crippen molar-refractivity contribution in [3.8, 4) is 11.1 Å². The highest BCUT2D eigenvalue weighted by molar-refractivity contribution is 6.30. The lowest BCUT2D eigenvalue weighted by molar-refractivity contribution is -0.137. The van der Waals surface area contributed by atoms with Crippen LogP contribution in [0.5, 0.6) is 0 Å². The third-order valence-electron chi connectivity index (χ3n) is 5.68. The number of benzene rings is 3. The Kier molecular flexibility index (Phi) is 6.49. The van der Waals surface area contributed by atoms with Gasteiger partial charge in [-0.2, -0.15) is 13.2 Å². The van der Waals surface area contributed by atoms with E-state index in [1.807, 2.05) is 24.3 Å². The predicted octanol–water partition coefficient (Wildman–Crippen LogP) is 7.36. The molecule has 1 aliphatic rings. The predicted molar refractivity (Wildman–Crippen MR) is 121 cm³/mol. The van der Waals surface area contributed by atoms with Gasteiger partial charge in [-0.15, -0.1) is 0 Å². The minimum Gasteiger partial charge on any atom is -0.299 e. The van der Waals surface area contributed by atoms with E-state index in [2.05, 4.69) is 35.2 Å². The van der Waals surface area contributed by atoms with Gasteiger partial charge in [0.1, 0.15) is 0 Å². The van der Waals surface area contributed by atoms with Crippen LogP contribution in [0.25, 0.3) is 16.7 Å². The van der Waals surface area contributed by atoms with E-state index in [0.29, 0.717) is 5.56 Å². The molecule has 0 bridgehead atoms. The number of halogens is 4. The van der Waals surface area contributed by atoms with Gasteiger partial charge in [0.05, 0.1) is 5.56 Å². The summed E-state index contributed by atoms with van der Waals surface area (Å²) in [7, 11) is 0. The second-order valence-corrected chi connectivity index (χ2v) is 8.25. The van der Waals surface area contributed by atoms with Gasteiger partial charge in [-0.3, -0.25) is 4.90 Å². The van der Waals surface area contributed by atoms with Crippen LogP contribution in [0.2, 0.25) is 5.02 Å². The third kappa shape index (κ3) is 5.57. The zero-order chi connectivity index (χ0) is 21.8. The maximum atomic E-state index is 13.0. The van der Waals surface area contributed by atoms with Gasteiger partial charge >= 0.3 is 6.18 Å². The molecule has 0 aromatic heterocycles. The largest absolute Gasteiger partial charge is 0.416 e. The van der Waals surface area contributed by atoms with E-state index in [4.69, 9.17) is 11.6 Å². The van der Waals surface area contributed by atoms with Crippen LogP contribution in [0.15, 0.2) is 78.9 Å². The first-order valence-electron chi connectivity index (χ1n) is 10.3. The summed E-state index contributed by atoms with van der Waals surface area (Å²) >= 11 is 6.08. The first-order valence-corrected chi connectivity index (χ1v) is 10.7. The molecule has 0 unspecified atom stereocenters. The van der Waals surface area contributed by atoms with Gasteiger partial charge in [0, 0.05) is 24.7 Å². The summed E-state index contributed by atoms with van der Waals surface area (Å²) in [6, 6.07) is 22.0. The van der Waals surface area contributed by atoms with Crippen molar-refractivity contribution in [2.24, 2.45) is 0 Å². The first-order chi connectivity index (χ1) is 14.9. The van der Waals surface area contributed by atoms with Crippen LogP contribution in [-0.2, 0) is 12.6 Å². The molecule has 0 saturated heterocycles. The molecule has 5 heteroatoms. The van der Waals surface area contributed by atoms with Crippen LogP contribution in [-0.4, -0.2) is 24.5 Å². The van der Waals surface area contributed by atoms with Crippen LogP contribution >= 0.6 is 11.6 Å². The van der Waals surface area contributed by atoms with Crippen molar-refractivity contribution in [3.63, 3.8) is 0 Å². The lowest BCUT2D eigenvalue weighted by Crippen LogP contribution is -2.30. The molecule has 160 valence electrons. The molecule has 3 aromatic rings. The van der Waals surface area contributed by atoms with Gasteiger partial charge in [0.25, 0.3) is 0 Å². The average molecular weight is 442 g/mol. The van der Waals surface area contributed by atoms with E-state index >= 15 is 0 Å². The van der Waals surface area contributed by atoms with E-state index in [-0.39, 0.29) is 0 Å². The number of alkyl halides is 3. The van der Waals surface area contributed by atoms with Gasteiger partial charge in [0.15, 0.2) is 0 Å². The third-order valence-corrected chi connectivity index (χ3v) is 5.92. The molecule has 31 heavy (non-hydrogen) atoms. The quantitative estimate of drug-likeness (QED) is 0.400. The number of hydrogen-bond acceptors (Lipinski definition) is 1. The highest BCUT2D eigenvalue weighted by atomic mass is 35.5. The Bertz CT molecular complexity index is 1070. The zero-order valence-electron chi connectivity index (χ0n) is 17.0. The number of rotatable bonds is 5. The summed E-state index contributed by atoms with van der Waals surface area (Å²) in [5, 5.41) is 0.726. The molecule has 1 nitrogen and oxygen atoms in total. The Morgan fingerprint density at radius 3 is 2.26 bits per heavy atom. The Hall–Kier alpha value is -2.56. The van der Waals surface area contributed by atoms with Gasteiger partial charge < -0.3 is 0 Å². The van der Waals surface area contributed by atoms with Crippen LogP contribution in [0.1, 0.15) is 23.1 Å². The second kappa shape index (κ2) is 9.29. The molecular formula is C26H23ClF3N. The number of hydrogen-bond donors (Lipinski definition) is 0. The Labute approximate surface area is 185 Å². The van der Waals surface area contributed by atoms with E-state index in [0.717, 1.165) is 60.3 Å². The maximum absolute atomic E-state index is 13.0. The smallest absolute Gasteiger partial charge is 0.299 e. The summed E-state index contributed by atoms with van der Waals surface area (Å²) in [6.07, 6.45) is -0.557. The molecule has 3 aromatic carbocycles. The van der Waals surface area contributed by atoms with E-state index < -0.39 is 11.7 Å². The summed E-state index contributed by atoms with van der Waals surface area (Å²) in [5.74, 6) is 0. The Morgan fingerprint density at radius 1 is 0.839 bits per heavy atom. The minimum atomic E-state index is -4.31. The van der Waals surface area contributed by atoms with E-state index in [1.165, 1.54) is 17.7 Å². The SMILES string of the molecule is FC(F)(F)c1cccc(C2=CCN(CCc3ccc(-c4cccc(Cl)c4)cc3)CC2)c1. The van der Waals surface area contributed by atoms with Crippen LogP contribution < -0.4 is 0 Å². The average Bonchev–Trinajstić information content (AvgIpc) is 2.78. The van der Waals surface area contributed by atoms with Crippen LogP contribution in [0.4, 0.5) is 13.2 Å². The first kappa shape index (κ1) is 21.7. The van der Waals surface area contributed by atoms with E-state index in [1.54, 1.807) is 6.07 Å². The maximum Gasteiger partial charge on any atom is 0.416 e. The fraction of sp³-hybridized carbons (Fsp3) is 0.231. The Morgan fingerprint density at radius 2 is 1.58 bits per heavy atom. The summed E-state index contributed by atoms with van der Waals surface area (Å²) in [4.78, 5) is 2.34. The van der Waals surface area contributed by atoms with Crippen molar-refractivity contribution in [2.75, 3.05) is 19.6 Å². The summed E-state index contributed by atoms with van der Waals surface area (Å²) < 4.78 is 38.9. The highest BCUT2D eigenvalue weighted by Gasteiger charge is 2.30. The van der Waals surface area contributed by atoms with Crippen molar-refractivity contribution in [2.45, 2.75) is 19.0 Å². The standard InChI is InChI=1S/C26H23ClF3N/c27-25-6-2-4-23(18-25)20-9-7-19(8-10-20)11-14-31-15-12-21(13-16-31)22-3-1-5-24(17-22)26(28,29)30/h1-10,12,17-18H,11,13-16H2. The van der Waals surface area contributed by atoms with Gasteiger partial charge in [-0.05, 0) is 64.9 Å². The van der Waals surface area contributed by atoms with Crippen molar-refractivity contribution < 1.29 is 13.2 Å². The molecule has 4 rings (SSSR count). The second-order valence-electron chi connectivity index (χ2n) is 7.82. The molecule has 0 aliphatic carbocycles. The van der Waals surface area contributed by atoms with Crippen molar-refractivity contribution >= 4 is 17.2 Å². The van der Waals surface area contributed by atoms with Crippen molar-refractivity contribution in [1.82, 2.24) is 4.90 Å². The zero-order valence-corrected chi connectivity index (χ0v) is 17.8. The van der Waals surface area contributed by atoms with Gasteiger partial charge in [-0.25, -0.2) is 0 Å². The highest BCUT2D eigenvalue weighted by Crippen LogP contribution is 2.32. The molecule has 1 heterocycles. The van der Waals surface area contributed by atoms with Crippen LogP contribution in [0.3, 0.4) is 0 Å². The molecule has 0 radical (unpaired) electrons. The fourth-order valence-electron chi connectivity index (χ4n) is 3.89. The lowest BCUT2D eigenvalue weighted by atomic mass is 9.97. The monoisotopic (exact) mass is 441 g/mol. The fourth-order valence-corrected chi connectivity index (χ4v) is 4.08. The minimum absolute atomic E-state index is 0.588. The molecule has 0 saturated carbocycles. The van der Waals surface area contributed by atoms with Crippen molar-refractivity contribution in [1.29, 1.82) is 0 Å². The van der Waals surface area contributed by atoms with Gasteiger partial charge in [0.2, 0.25) is 0 Å². The van der Waals surface area contributed by atoms with Crippen molar-refractivity contribution in [3.05, 3.63) is 101 Å². The normalized spacial score (nSPS) is 15.0. The number of nitrogens with zero attached hydrogens (tertiary/aromatic N) is 1. The van der Waals surface area contributed by atoms with Crippen LogP contribution in [0, 0.1) is 0 Å². The molecule has 0 spiro atoms. The molecular weight excluding hydrogens is 419 g/mol. The summed E-state index contributed by atoms with van der Waals surface area (Å²) in [6.45, 7) is 2.53. The molecule has 1 aliphatic heterocycles. The lowest BCUT2D eigenvalue weighted by Gasteiger charge is -2.26.